The Balaban J connectivity index is 6.44. The van der Waals surface area contributed by atoms with Gasteiger partial charge in [-0.2, -0.15) is 74.6 Å². The predicted octanol–water partition coefficient (Wildman–Crippen LogP) is 5.24. The quantitative estimate of drug-likeness (QED) is 0.299. The molecule has 0 aromatic heterocycles. The van der Waals surface area contributed by atoms with Gasteiger partial charge in [-0.05, 0) is 0 Å². The summed E-state index contributed by atoms with van der Waals surface area (Å²) in [5.41, 5.74) is 0. The van der Waals surface area contributed by atoms with Crippen molar-refractivity contribution >= 4 is 5.78 Å². The fourth-order valence-corrected chi connectivity index (χ4v) is 1.81. The van der Waals surface area contributed by atoms with Gasteiger partial charge in [-0.1, -0.05) is 0 Å². The Labute approximate surface area is 164 Å². The number of Topliss-reactive ketones (excluding diaryl/α,β-unsaturated/α-hetero) is 1. The van der Waals surface area contributed by atoms with Crippen LogP contribution in [0.4, 0.5) is 74.6 Å². The van der Waals surface area contributed by atoms with Gasteiger partial charge < -0.3 is 0 Å². The van der Waals surface area contributed by atoms with Crippen LogP contribution in [0.1, 0.15) is 12.8 Å². The lowest BCUT2D eigenvalue weighted by Gasteiger charge is -2.42. The van der Waals surface area contributed by atoms with Crippen LogP contribution in [-0.2, 0) is 9.63 Å². The van der Waals surface area contributed by atoms with Crippen LogP contribution in [0.25, 0.3) is 0 Å². The van der Waals surface area contributed by atoms with Crippen LogP contribution in [0.3, 0.4) is 0 Å². The van der Waals surface area contributed by atoms with Crippen molar-refractivity contribution in [3.05, 3.63) is 0 Å². The Kier molecular flexibility index (Phi) is 7.90. The lowest BCUT2D eigenvalue weighted by Crippen LogP contribution is -2.74. The summed E-state index contributed by atoms with van der Waals surface area (Å²) < 4.78 is 220. The number of hydrogen-bond donors (Lipinski definition) is 1. The number of carbonyl (C=O) groups excluding carboxylic acids is 1. The van der Waals surface area contributed by atoms with Crippen LogP contribution in [0.2, 0.25) is 0 Å². The molecule has 0 heterocycles. The molecule has 0 atom stereocenters. The fraction of sp³-hybridized carbons (Fsp3) is 0.917. The number of halogens is 17. The molecule has 0 saturated carbocycles. The third-order valence-electron chi connectivity index (χ3n) is 3.75. The van der Waals surface area contributed by atoms with Crippen LogP contribution in [0.15, 0.2) is 0 Å². The molecule has 0 radical (unpaired) electrons. The van der Waals surface area contributed by atoms with E-state index in [9.17, 15) is 79.4 Å². The van der Waals surface area contributed by atoms with Gasteiger partial charge in [-0.15, -0.1) is 0 Å². The molecule has 0 amide bonds. The van der Waals surface area contributed by atoms with Gasteiger partial charge in [0.2, 0.25) is 0 Å². The van der Waals surface area contributed by atoms with Gasteiger partial charge >= 0.3 is 47.6 Å². The van der Waals surface area contributed by atoms with Crippen molar-refractivity contribution < 1.29 is 84.3 Å². The van der Waals surface area contributed by atoms with Crippen LogP contribution in [0, 0.1) is 0 Å². The van der Waals surface area contributed by atoms with Gasteiger partial charge in [0.1, 0.15) is 6.61 Å². The normalized spacial score (nSPS) is 15.8. The molecule has 32 heavy (non-hydrogen) atoms. The van der Waals surface area contributed by atoms with E-state index in [4.69, 9.17) is 0 Å². The second kappa shape index (κ2) is 8.32. The van der Waals surface area contributed by atoms with Gasteiger partial charge in [0.15, 0.2) is 5.78 Å². The minimum absolute atomic E-state index is 1.33. The Bertz CT molecular complexity index is 684. The zero-order valence-corrected chi connectivity index (χ0v) is 14.4. The number of alkyl halides is 17. The standard InChI is InChI=1S/C12H8F17NO2/c13-5(14,2-1-4(31)3-32-30)6(15,16)7(17,18)8(19,20)9(21,22)10(23,24)11(25,26)12(27,28)29/h1-3,30H2. The second-order valence-corrected chi connectivity index (χ2v) is 6.00. The molecule has 0 rings (SSSR count). The van der Waals surface area contributed by atoms with Crippen molar-refractivity contribution in [1.29, 1.82) is 0 Å². The molecule has 0 spiro atoms. The first-order valence-corrected chi connectivity index (χ1v) is 7.25. The van der Waals surface area contributed by atoms with Gasteiger partial charge in [0.25, 0.3) is 0 Å². The first-order valence-electron chi connectivity index (χ1n) is 7.25. The molecule has 0 aliphatic carbocycles. The summed E-state index contributed by atoms with van der Waals surface area (Å²) in [5, 5.41) is 0. The van der Waals surface area contributed by atoms with E-state index in [1.807, 2.05) is 0 Å². The number of ketones is 1. The molecule has 3 nitrogen and oxygen atoms in total. The van der Waals surface area contributed by atoms with Crippen molar-refractivity contribution in [2.24, 2.45) is 5.90 Å². The maximum atomic E-state index is 13.4. The number of carbonyl (C=O) groups is 1. The van der Waals surface area contributed by atoms with E-state index in [-0.39, 0.29) is 0 Å². The summed E-state index contributed by atoms with van der Waals surface area (Å²) in [4.78, 5) is 14.4. The van der Waals surface area contributed by atoms with Gasteiger partial charge in [0, 0.05) is 12.8 Å². The summed E-state index contributed by atoms with van der Waals surface area (Å²) in [7, 11) is 0. The lowest BCUT2D eigenvalue weighted by atomic mass is 9.88. The second-order valence-electron chi connectivity index (χ2n) is 6.00. The van der Waals surface area contributed by atoms with Crippen LogP contribution in [0.5, 0.6) is 0 Å². The van der Waals surface area contributed by atoms with E-state index < -0.39 is 72.9 Å². The van der Waals surface area contributed by atoms with Gasteiger partial charge in [0.05, 0.1) is 0 Å². The number of nitrogens with two attached hydrogens (primary N) is 1. The van der Waals surface area contributed by atoms with Crippen LogP contribution < -0.4 is 5.90 Å². The molecule has 0 aliphatic heterocycles. The summed E-state index contributed by atoms with van der Waals surface area (Å²) in [6.07, 6.45) is -12.6. The van der Waals surface area contributed by atoms with E-state index in [1.165, 1.54) is 0 Å². The minimum Gasteiger partial charge on any atom is -0.297 e. The Morgan fingerprint density at radius 3 is 1.19 bits per heavy atom. The maximum Gasteiger partial charge on any atom is 0.460 e. The van der Waals surface area contributed by atoms with Crippen LogP contribution in [-0.4, -0.2) is 60.0 Å². The zero-order chi connectivity index (χ0) is 26.4. The van der Waals surface area contributed by atoms with E-state index in [0.29, 0.717) is 0 Å². The predicted molar refractivity (Wildman–Crippen MR) is 65.1 cm³/mol. The highest BCUT2D eigenvalue weighted by atomic mass is 19.4. The van der Waals surface area contributed by atoms with Crippen molar-refractivity contribution in [2.45, 2.75) is 60.5 Å². The summed E-state index contributed by atoms with van der Waals surface area (Å²) in [6, 6.07) is 0. The zero-order valence-electron chi connectivity index (χ0n) is 14.4. The molecular formula is C12H8F17NO2. The highest BCUT2D eigenvalue weighted by Gasteiger charge is 2.95. The minimum atomic E-state index is -8.68. The highest BCUT2D eigenvalue weighted by molar-refractivity contribution is 5.79. The molecule has 2 N–H and O–H groups in total. The van der Waals surface area contributed by atoms with E-state index in [1.54, 1.807) is 0 Å². The molecular weight excluding hydrogens is 513 g/mol. The molecule has 192 valence electrons. The third kappa shape index (κ3) is 4.30. The van der Waals surface area contributed by atoms with E-state index in [2.05, 4.69) is 10.7 Å². The van der Waals surface area contributed by atoms with Crippen LogP contribution >= 0.6 is 0 Å². The summed E-state index contributed by atoms with van der Waals surface area (Å²) in [5.74, 6) is -54.2. The molecule has 20 heteroatoms. The van der Waals surface area contributed by atoms with Crippen molar-refractivity contribution in [1.82, 2.24) is 0 Å². The highest BCUT2D eigenvalue weighted by Crippen LogP contribution is 2.64. The average Bonchev–Trinajstić information content (AvgIpc) is 2.58. The van der Waals surface area contributed by atoms with Crippen molar-refractivity contribution in [3.63, 3.8) is 0 Å². The SMILES string of the molecule is NOCC(=O)CCC(F)(F)C(F)(F)C(F)(F)C(F)(F)C(F)(F)C(F)(F)C(F)(F)C(F)(F)F. The average molecular weight is 521 g/mol. The molecule has 0 unspecified atom stereocenters. The molecule has 0 aromatic rings. The molecule has 0 aliphatic rings. The Morgan fingerprint density at radius 2 is 0.875 bits per heavy atom. The molecule has 0 saturated heterocycles. The Hall–Kier alpha value is -1.60. The number of rotatable bonds is 11. The monoisotopic (exact) mass is 521 g/mol. The first-order chi connectivity index (χ1) is 13.7. The maximum absolute atomic E-state index is 13.4. The molecule has 0 fully saturated rings. The molecule has 0 aromatic carbocycles. The third-order valence-corrected chi connectivity index (χ3v) is 3.75. The van der Waals surface area contributed by atoms with Crippen molar-refractivity contribution in [2.75, 3.05) is 6.61 Å². The van der Waals surface area contributed by atoms with E-state index in [0.717, 1.165) is 0 Å². The molecule has 0 bridgehead atoms. The van der Waals surface area contributed by atoms with Gasteiger partial charge in [-0.25, -0.2) is 5.90 Å². The topological polar surface area (TPSA) is 52.3 Å². The van der Waals surface area contributed by atoms with Gasteiger partial charge in [-0.3, -0.25) is 9.63 Å². The Morgan fingerprint density at radius 1 is 0.562 bits per heavy atom. The smallest absolute Gasteiger partial charge is 0.297 e. The summed E-state index contributed by atoms with van der Waals surface area (Å²) in [6.45, 7) is -1.33. The van der Waals surface area contributed by atoms with E-state index >= 15 is 0 Å². The van der Waals surface area contributed by atoms with Crippen molar-refractivity contribution in [3.8, 4) is 0 Å². The summed E-state index contributed by atoms with van der Waals surface area (Å²) >= 11 is 0. The fourth-order valence-electron chi connectivity index (χ4n) is 1.81. The number of hydrogen-bond acceptors (Lipinski definition) is 3. The lowest BCUT2D eigenvalue weighted by molar-refractivity contribution is -0.461. The largest absolute Gasteiger partial charge is 0.460 e. The first kappa shape index (κ1) is 30.4.